The summed E-state index contributed by atoms with van der Waals surface area (Å²) in [6, 6.07) is 8.66. The van der Waals surface area contributed by atoms with Crippen LogP contribution >= 0.6 is 0 Å². The number of hydrogen-bond donors (Lipinski definition) is 1. The van der Waals surface area contributed by atoms with E-state index in [4.69, 9.17) is 5.73 Å². The Labute approximate surface area is 121 Å². The van der Waals surface area contributed by atoms with E-state index in [1.165, 1.54) is 11.1 Å². The number of rotatable bonds is 3. The van der Waals surface area contributed by atoms with Crippen molar-refractivity contribution in [2.75, 3.05) is 11.9 Å². The third-order valence-electron chi connectivity index (χ3n) is 4.23. The highest BCUT2D eigenvalue weighted by molar-refractivity contribution is 5.93. The van der Waals surface area contributed by atoms with Crippen molar-refractivity contribution >= 4 is 16.6 Å². The molecule has 0 amide bonds. The molecule has 0 radical (unpaired) electrons. The van der Waals surface area contributed by atoms with Crippen molar-refractivity contribution in [3.05, 3.63) is 36.0 Å². The van der Waals surface area contributed by atoms with Crippen molar-refractivity contribution < 1.29 is 0 Å². The fourth-order valence-corrected chi connectivity index (χ4v) is 2.51. The van der Waals surface area contributed by atoms with Crippen LogP contribution in [0.25, 0.3) is 10.9 Å². The molecule has 0 aliphatic rings. The predicted octanol–water partition coefficient (Wildman–Crippen LogP) is 3.56. The number of benzene rings is 1. The molecule has 108 valence electrons. The third kappa shape index (κ3) is 2.63. The van der Waals surface area contributed by atoms with E-state index in [1.54, 1.807) is 0 Å². The van der Waals surface area contributed by atoms with Crippen molar-refractivity contribution in [3.8, 4) is 0 Å². The van der Waals surface area contributed by atoms with Gasteiger partial charge in [0.2, 0.25) is 0 Å². The van der Waals surface area contributed by atoms with Gasteiger partial charge in [0.15, 0.2) is 0 Å². The van der Waals surface area contributed by atoms with Crippen LogP contribution in [0.3, 0.4) is 0 Å². The highest BCUT2D eigenvalue weighted by Crippen LogP contribution is 2.34. The van der Waals surface area contributed by atoms with Gasteiger partial charge in [-0.1, -0.05) is 39.0 Å². The molecule has 1 atom stereocenters. The Kier molecular flexibility index (Phi) is 4.00. The van der Waals surface area contributed by atoms with Crippen molar-refractivity contribution in [1.29, 1.82) is 0 Å². The lowest BCUT2D eigenvalue weighted by Crippen LogP contribution is -2.40. The Morgan fingerprint density at radius 3 is 2.50 bits per heavy atom. The van der Waals surface area contributed by atoms with E-state index in [0.717, 1.165) is 11.1 Å². The van der Waals surface area contributed by atoms with Gasteiger partial charge in [-0.3, -0.25) is 4.98 Å². The van der Waals surface area contributed by atoms with Crippen molar-refractivity contribution in [3.63, 3.8) is 0 Å². The standard InChI is InChI=1S/C17H25N3/c1-12(17(2,3)4)20(5)16-13(10-18)11-19-15-9-7-6-8-14(15)16/h6-9,11-12H,10,18H2,1-5H3. The fourth-order valence-electron chi connectivity index (χ4n) is 2.51. The molecule has 2 N–H and O–H groups in total. The number of nitrogens with zero attached hydrogens (tertiary/aromatic N) is 2. The largest absolute Gasteiger partial charge is 0.371 e. The second kappa shape index (κ2) is 5.41. The molecule has 20 heavy (non-hydrogen) atoms. The molecule has 0 aliphatic heterocycles. The Morgan fingerprint density at radius 2 is 1.90 bits per heavy atom. The first kappa shape index (κ1) is 14.8. The van der Waals surface area contributed by atoms with Crippen LogP contribution in [0.5, 0.6) is 0 Å². The van der Waals surface area contributed by atoms with Crippen LogP contribution < -0.4 is 10.6 Å². The Hall–Kier alpha value is -1.61. The lowest BCUT2D eigenvalue weighted by molar-refractivity contribution is 0.330. The maximum absolute atomic E-state index is 5.92. The van der Waals surface area contributed by atoms with Gasteiger partial charge in [-0.25, -0.2) is 0 Å². The van der Waals surface area contributed by atoms with Crippen LogP contribution in [0.2, 0.25) is 0 Å². The first-order valence-corrected chi connectivity index (χ1v) is 7.15. The fraction of sp³-hybridized carbons (Fsp3) is 0.471. The van der Waals surface area contributed by atoms with Crippen LogP contribution in [0, 0.1) is 5.41 Å². The smallest absolute Gasteiger partial charge is 0.0723 e. The third-order valence-corrected chi connectivity index (χ3v) is 4.23. The summed E-state index contributed by atoms with van der Waals surface area (Å²) in [5, 5.41) is 1.18. The zero-order chi connectivity index (χ0) is 14.9. The molecule has 1 aromatic carbocycles. The summed E-state index contributed by atoms with van der Waals surface area (Å²) in [6.45, 7) is 9.56. The van der Waals surface area contributed by atoms with E-state index in [9.17, 15) is 0 Å². The van der Waals surface area contributed by atoms with Gasteiger partial charge < -0.3 is 10.6 Å². The summed E-state index contributed by atoms with van der Waals surface area (Å²) in [5.74, 6) is 0. The molecule has 1 aromatic heterocycles. The van der Waals surface area contributed by atoms with Gasteiger partial charge in [0.1, 0.15) is 0 Å². The van der Waals surface area contributed by atoms with Gasteiger partial charge in [-0.15, -0.1) is 0 Å². The van der Waals surface area contributed by atoms with E-state index in [0.29, 0.717) is 12.6 Å². The molecule has 0 fully saturated rings. The highest BCUT2D eigenvalue weighted by Gasteiger charge is 2.26. The van der Waals surface area contributed by atoms with Gasteiger partial charge in [0.05, 0.1) is 11.2 Å². The number of nitrogens with two attached hydrogens (primary N) is 1. The Morgan fingerprint density at radius 1 is 1.25 bits per heavy atom. The minimum atomic E-state index is 0.199. The molecule has 3 nitrogen and oxygen atoms in total. The summed E-state index contributed by atoms with van der Waals surface area (Å²) < 4.78 is 0. The van der Waals surface area contributed by atoms with Gasteiger partial charge in [0, 0.05) is 36.8 Å². The second-order valence-electron chi connectivity index (χ2n) is 6.51. The number of fused-ring (bicyclic) bond motifs is 1. The zero-order valence-electron chi connectivity index (χ0n) is 13.1. The Balaban J connectivity index is 2.62. The second-order valence-corrected chi connectivity index (χ2v) is 6.51. The van der Waals surface area contributed by atoms with E-state index >= 15 is 0 Å². The number of anilines is 1. The van der Waals surface area contributed by atoms with E-state index in [1.807, 2.05) is 12.3 Å². The minimum Gasteiger partial charge on any atom is -0.371 e. The van der Waals surface area contributed by atoms with Crippen LogP contribution in [0.1, 0.15) is 33.3 Å². The molecule has 0 bridgehead atoms. The van der Waals surface area contributed by atoms with E-state index in [-0.39, 0.29) is 5.41 Å². The van der Waals surface area contributed by atoms with Gasteiger partial charge in [0.25, 0.3) is 0 Å². The van der Waals surface area contributed by atoms with Crippen LogP contribution in [0.15, 0.2) is 30.5 Å². The topological polar surface area (TPSA) is 42.1 Å². The Bertz CT molecular complexity index is 599. The SMILES string of the molecule is CC(N(C)c1c(CN)cnc2ccccc12)C(C)(C)C. The molecular weight excluding hydrogens is 246 g/mol. The lowest BCUT2D eigenvalue weighted by Gasteiger charge is -2.38. The van der Waals surface area contributed by atoms with Crippen molar-refractivity contribution in [2.24, 2.45) is 11.1 Å². The van der Waals surface area contributed by atoms with Gasteiger partial charge in [-0.2, -0.15) is 0 Å². The number of aromatic nitrogens is 1. The zero-order valence-corrected chi connectivity index (χ0v) is 13.1. The summed E-state index contributed by atoms with van der Waals surface area (Å²) in [7, 11) is 2.15. The molecule has 1 heterocycles. The number of para-hydroxylation sites is 1. The quantitative estimate of drug-likeness (QED) is 0.928. The van der Waals surface area contributed by atoms with Crippen LogP contribution in [0.4, 0.5) is 5.69 Å². The summed E-state index contributed by atoms with van der Waals surface area (Å²) in [4.78, 5) is 6.85. The monoisotopic (exact) mass is 271 g/mol. The van der Waals surface area contributed by atoms with Crippen molar-refractivity contribution in [2.45, 2.75) is 40.3 Å². The molecule has 1 unspecified atom stereocenters. The number of hydrogen-bond acceptors (Lipinski definition) is 3. The molecule has 0 spiro atoms. The molecule has 2 rings (SSSR count). The summed E-state index contributed by atoms with van der Waals surface area (Å²) >= 11 is 0. The first-order valence-electron chi connectivity index (χ1n) is 7.15. The minimum absolute atomic E-state index is 0.199. The summed E-state index contributed by atoms with van der Waals surface area (Å²) in [5.41, 5.74) is 9.45. The molecule has 0 saturated carbocycles. The van der Waals surface area contributed by atoms with Crippen LogP contribution in [-0.4, -0.2) is 18.1 Å². The first-order chi connectivity index (χ1) is 9.36. The maximum Gasteiger partial charge on any atom is 0.0723 e. The van der Waals surface area contributed by atoms with Gasteiger partial charge >= 0.3 is 0 Å². The maximum atomic E-state index is 5.92. The average molecular weight is 271 g/mol. The van der Waals surface area contributed by atoms with Crippen molar-refractivity contribution in [1.82, 2.24) is 4.98 Å². The van der Waals surface area contributed by atoms with E-state index < -0.39 is 0 Å². The molecular formula is C17H25N3. The molecule has 0 saturated heterocycles. The lowest BCUT2D eigenvalue weighted by atomic mass is 9.86. The van der Waals surface area contributed by atoms with E-state index in [2.05, 4.69) is 62.8 Å². The molecule has 3 heteroatoms. The molecule has 2 aromatic rings. The van der Waals surface area contributed by atoms with Gasteiger partial charge in [-0.05, 0) is 18.4 Å². The average Bonchev–Trinajstić information content (AvgIpc) is 2.43. The highest BCUT2D eigenvalue weighted by atomic mass is 15.1. The predicted molar refractivity (Wildman–Crippen MR) is 87.0 cm³/mol. The number of pyridine rings is 1. The normalized spacial score (nSPS) is 13.5. The van der Waals surface area contributed by atoms with Crippen LogP contribution in [-0.2, 0) is 6.54 Å². The molecule has 0 aliphatic carbocycles. The summed E-state index contributed by atoms with van der Waals surface area (Å²) in [6.07, 6.45) is 1.91.